The third-order valence-corrected chi connectivity index (χ3v) is 3.81. The van der Waals surface area contributed by atoms with Gasteiger partial charge in [-0.1, -0.05) is 63.5 Å². The molecule has 2 unspecified atom stereocenters. The molecule has 1 aromatic rings. The number of hydrogen-bond acceptors (Lipinski definition) is 4. The van der Waals surface area contributed by atoms with Gasteiger partial charge in [-0.2, -0.15) is 0 Å². The van der Waals surface area contributed by atoms with Crippen molar-refractivity contribution in [2.45, 2.75) is 103 Å². The molecule has 4 nitrogen and oxygen atoms in total. The maximum absolute atomic E-state index is 11.2. The molecule has 0 saturated heterocycles. The number of esters is 1. The molecule has 0 spiro atoms. The average Bonchev–Trinajstić information content (AvgIpc) is 2.52. The summed E-state index contributed by atoms with van der Waals surface area (Å²) in [5, 5.41) is 9.36. The van der Waals surface area contributed by atoms with Crippen molar-refractivity contribution in [1.29, 1.82) is 0 Å². The van der Waals surface area contributed by atoms with Gasteiger partial charge in [-0.25, -0.2) is 0 Å². The average molecular weight is 403 g/mol. The number of rotatable bonds is 5. The maximum atomic E-state index is 11.2. The van der Waals surface area contributed by atoms with Crippen molar-refractivity contribution in [2.75, 3.05) is 7.11 Å². The van der Waals surface area contributed by atoms with Gasteiger partial charge in [0.2, 0.25) is 0 Å². The molecule has 0 amide bonds. The number of carbonyl (C=O) groups is 1. The number of phenols is 1. The summed E-state index contributed by atoms with van der Waals surface area (Å²) in [6.07, 6.45) is 1.93. The van der Waals surface area contributed by atoms with E-state index in [1.165, 1.54) is 5.56 Å². The van der Waals surface area contributed by atoms with E-state index in [-0.39, 0.29) is 52.9 Å². The minimum absolute atomic E-state index is 0. The van der Waals surface area contributed by atoms with Crippen molar-refractivity contribution in [3.05, 3.63) is 23.8 Å². The van der Waals surface area contributed by atoms with Crippen molar-refractivity contribution in [2.24, 2.45) is 5.92 Å². The number of benzene rings is 1. The minimum Gasteiger partial charge on any atom is -0.504 e. The number of hydrogen-bond donors (Lipinski definition) is 1. The molecule has 0 aromatic heterocycles. The molecular weight excluding hydrogens is 352 g/mol. The second-order valence-electron chi connectivity index (χ2n) is 7.08. The van der Waals surface area contributed by atoms with Gasteiger partial charge in [0.15, 0.2) is 11.5 Å². The quantitative estimate of drug-likeness (QED) is 0.510. The van der Waals surface area contributed by atoms with E-state index in [0.29, 0.717) is 11.7 Å². The molecule has 2 atom stereocenters. The van der Waals surface area contributed by atoms with Crippen molar-refractivity contribution in [1.82, 2.24) is 0 Å². The van der Waals surface area contributed by atoms with E-state index in [0.717, 1.165) is 12.8 Å². The van der Waals surface area contributed by atoms with Crippen LogP contribution in [-0.2, 0) is 9.53 Å². The Hall–Kier alpha value is -1.71. The van der Waals surface area contributed by atoms with Crippen LogP contribution in [0.2, 0.25) is 0 Å². The molecule has 0 fully saturated rings. The Kier molecular flexibility index (Phi) is 23.0. The second-order valence-corrected chi connectivity index (χ2v) is 7.08. The number of ether oxygens (including phenoxy) is 2. The first-order valence-corrected chi connectivity index (χ1v) is 8.65. The van der Waals surface area contributed by atoms with Crippen LogP contribution >= 0.6 is 0 Å². The van der Waals surface area contributed by atoms with Gasteiger partial charge in [-0.3, -0.25) is 4.79 Å². The summed E-state index contributed by atoms with van der Waals surface area (Å²) in [7, 11) is 1.56. The summed E-state index contributed by atoms with van der Waals surface area (Å²) < 4.78 is 10.2. The van der Waals surface area contributed by atoms with Crippen LogP contribution in [0.25, 0.3) is 0 Å². The van der Waals surface area contributed by atoms with E-state index in [1.807, 2.05) is 46.8 Å². The molecular formula is C24H50O4. The predicted molar refractivity (Wildman–Crippen MR) is 126 cm³/mol. The highest BCUT2D eigenvalue weighted by Gasteiger charge is 2.19. The van der Waals surface area contributed by atoms with Crippen molar-refractivity contribution >= 4 is 5.97 Å². The number of methoxy groups -OCH3 is 1. The number of aromatic hydroxyl groups is 1. The van der Waals surface area contributed by atoms with E-state index in [1.54, 1.807) is 13.2 Å². The molecule has 1 rings (SSSR count). The predicted octanol–water partition coefficient (Wildman–Crippen LogP) is 7.83. The zero-order valence-electron chi connectivity index (χ0n) is 16.5. The summed E-state index contributed by atoms with van der Waals surface area (Å²) in [5.74, 6) is 1.19. The summed E-state index contributed by atoms with van der Waals surface area (Å²) in [4.78, 5) is 11.2. The summed E-state index contributed by atoms with van der Waals surface area (Å²) in [6, 6.07) is 5.51. The van der Waals surface area contributed by atoms with Gasteiger partial charge in [-0.15, -0.1) is 0 Å². The topological polar surface area (TPSA) is 55.8 Å². The van der Waals surface area contributed by atoms with Crippen LogP contribution in [-0.4, -0.2) is 23.8 Å². The summed E-state index contributed by atoms with van der Waals surface area (Å²) in [5.41, 5.74) is 0.859. The van der Waals surface area contributed by atoms with Gasteiger partial charge in [0, 0.05) is 0 Å². The summed E-state index contributed by atoms with van der Waals surface area (Å²) >= 11 is 0. The van der Waals surface area contributed by atoms with Gasteiger partial charge in [-0.05, 0) is 57.2 Å². The van der Waals surface area contributed by atoms with E-state index in [4.69, 9.17) is 9.47 Å². The third-order valence-electron chi connectivity index (χ3n) is 3.81. The van der Waals surface area contributed by atoms with Gasteiger partial charge in [0.25, 0.3) is 0 Å². The fourth-order valence-corrected chi connectivity index (χ4v) is 1.81. The van der Waals surface area contributed by atoms with Crippen LogP contribution in [0.1, 0.15) is 102 Å². The van der Waals surface area contributed by atoms with E-state index >= 15 is 0 Å². The zero-order chi connectivity index (χ0) is 18.9. The number of phenolic OH excluding ortho intramolecular Hbond substituents is 1. The molecule has 0 aliphatic rings. The third kappa shape index (κ3) is 14.4. The van der Waals surface area contributed by atoms with Gasteiger partial charge in [0.1, 0.15) is 5.60 Å². The summed E-state index contributed by atoms with van der Waals surface area (Å²) in [6.45, 7) is 13.8. The van der Waals surface area contributed by atoms with Crippen LogP contribution in [0.15, 0.2) is 18.2 Å². The van der Waals surface area contributed by atoms with Gasteiger partial charge in [0.05, 0.1) is 13.0 Å². The molecule has 0 heterocycles. The smallest absolute Gasteiger partial charge is 0.309 e. The minimum atomic E-state index is -0.347. The highest BCUT2D eigenvalue weighted by Crippen LogP contribution is 2.30. The Labute approximate surface area is 176 Å². The Balaban J connectivity index is -0.000000112. The Morgan fingerprint density at radius 3 is 1.89 bits per heavy atom. The highest BCUT2D eigenvalue weighted by molar-refractivity contribution is 5.72. The van der Waals surface area contributed by atoms with Gasteiger partial charge < -0.3 is 14.6 Å². The monoisotopic (exact) mass is 402 g/mol. The molecule has 4 heteroatoms. The van der Waals surface area contributed by atoms with Crippen molar-refractivity contribution in [3.8, 4) is 11.5 Å². The van der Waals surface area contributed by atoms with E-state index in [2.05, 4.69) is 13.8 Å². The highest BCUT2D eigenvalue weighted by atomic mass is 16.6. The molecule has 28 heavy (non-hydrogen) atoms. The second kappa shape index (κ2) is 17.4. The van der Waals surface area contributed by atoms with Crippen LogP contribution in [0.4, 0.5) is 0 Å². The van der Waals surface area contributed by atoms with E-state index in [9.17, 15) is 9.90 Å². The molecule has 170 valence electrons. The Morgan fingerprint density at radius 1 is 1.04 bits per heavy atom. The van der Waals surface area contributed by atoms with E-state index < -0.39 is 0 Å². The maximum Gasteiger partial charge on any atom is 0.309 e. The lowest BCUT2D eigenvalue weighted by Crippen LogP contribution is -2.27. The largest absolute Gasteiger partial charge is 0.504 e. The fraction of sp³-hybridized carbons (Fsp3) is 0.708. The lowest BCUT2D eigenvalue weighted by molar-refractivity contribution is -0.159. The van der Waals surface area contributed by atoms with Crippen LogP contribution in [0.5, 0.6) is 11.5 Å². The Bertz CT molecular complexity index is 504. The van der Waals surface area contributed by atoms with Crippen molar-refractivity contribution in [3.63, 3.8) is 0 Å². The lowest BCUT2D eigenvalue weighted by atomic mass is 9.98. The number of carbonyl (C=O) groups excluding carboxylic acids is 1. The molecule has 1 N–H and O–H groups in total. The van der Waals surface area contributed by atoms with Gasteiger partial charge >= 0.3 is 5.97 Å². The molecule has 1 aromatic carbocycles. The zero-order valence-corrected chi connectivity index (χ0v) is 16.5. The van der Waals surface area contributed by atoms with Crippen LogP contribution in [0.3, 0.4) is 0 Å². The van der Waals surface area contributed by atoms with Crippen LogP contribution in [0, 0.1) is 5.92 Å². The Morgan fingerprint density at radius 2 is 1.54 bits per heavy atom. The molecule has 0 aliphatic heterocycles. The first-order chi connectivity index (χ1) is 11.1. The molecule has 0 aliphatic carbocycles. The SMILES string of the molecule is C.C.C.C.CCC(C)C(=O)OC(C)(C)C.CCC(C)c1ccc(O)c(OC)c1. The van der Waals surface area contributed by atoms with Crippen molar-refractivity contribution < 1.29 is 19.4 Å². The molecule has 0 radical (unpaired) electrons. The van der Waals surface area contributed by atoms with Crippen LogP contribution < -0.4 is 4.74 Å². The first kappa shape index (κ1) is 37.1. The standard InChI is InChI=1S/C11H16O2.C9H18O2.4CH4/c1-4-8(2)9-5-6-10(12)11(7-9)13-3;1-6-7(2)8(10)11-9(3,4)5;;;;/h5-8,12H,4H2,1-3H3;7H,6H2,1-5H3;4*1H4. The molecule has 0 bridgehead atoms. The molecule has 0 saturated carbocycles. The normalized spacial score (nSPS) is 11.4. The fourth-order valence-electron chi connectivity index (χ4n) is 1.81. The first-order valence-electron chi connectivity index (χ1n) is 8.65. The lowest BCUT2D eigenvalue weighted by Gasteiger charge is -2.21.